The van der Waals surface area contributed by atoms with E-state index in [1.54, 1.807) is 29.5 Å². The van der Waals surface area contributed by atoms with Crippen LogP contribution in [0, 0.1) is 0 Å². The summed E-state index contributed by atoms with van der Waals surface area (Å²) in [5.74, 6) is -0.0786. The second-order valence-electron chi connectivity index (χ2n) is 3.92. The lowest BCUT2D eigenvalue weighted by Crippen LogP contribution is -2.22. The van der Waals surface area contributed by atoms with E-state index in [9.17, 15) is 4.79 Å². The molecule has 6 heteroatoms. The van der Waals surface area contributed by atoms with Crippen molar-refractivity contribution in [1.29, 1.82) is 0 Å². The smallest absolute Gasteiger partial charge is 0.237 e. The van der Waals surface area contributed by atoms with E-state index >= 15 is 0 Å². The number of nitrogen functional groups attached to an aromatic ring is 1. The van der Waals surface area contributed by atoms with Crippen LogP contribution in [0.4, 0.5) is 11.4 Å². The molecule has 1 aromatic carbocycles. The van der Waals surface area contributed by atoms with E-state index in [0.717, 1.165) is 4.21 Å². The molecule has 1 amide bonds. The zero-order chi connectivity index (χ0) is 13.8. The first kappa shape index (κ1) is 14.2. The van der Waals surface area contributed by atoms with Crippen molar-refractivity contribution in [2.75, 3.05) is 11.1 Å². The summed E-state index contributed by atoms with van der Waals surface area (Å²) in [6.07, 6.45) is 0. The second kappa shape index (κ2) is 6.32. The SMILES string of the molecule is CC(Sc1cccs1)C(=O)Nc1ccc(N)cc1Cl. The molecule has 0 bridgehead atoms. The number of nitrogens with two attached hydrogens (primary N) is 1. The molecule has 0 saturated heterocycles. The molecule has 0 aliphatic heterocycles. The van der Waals surface area contributed by atoms with Gasteiger partial charge in [0.1, 0.15) is 0 Å². The number of thiophene rings is 1. The van der Waals surface area contributed by atoms with E-state index in [-0.39, 0.29) is 11.2 Å². The summed E-state index contributed by atoms with van der Waals surface area (Å²) >= 11 is 9.17. The predicted octanol–water partition coefficient (Wildman–Crippen LogP) is 4.10. The standard InChI is InChI=1S/C13H13ClN2OS2/c1-8(19-12-3-2-6-18-12)13(17)16-11-5-4-9(15)7-10(11)14/h2-8H,15H2,1H3,(H,16,17). The zero-order valence-corrected chi connectivity index (χ0v) is 12.6. The largest absolute Gasteiger partial charge is 0.399 e. The van der Waals surface area contributed by atoms with Crippen LogP contribution in [0.2, 0.25) is 5.02 Å². The Hall–Kier alpha value is -1.17. The van der Waals surface area contributed by atoms with Crippen LogP contribution in [0.1, 0.15) is 6.92 Å². The topological polar surface area (TPSA) is 55.1 Å². The summed E-state index contributed by atoms with van der Waals surface area (Å²) in [5.41, 5.74) is 6.76. The van der Waals surface area contributed by atoms with Gasteiger partial charge in [0.15, 0.2) is 0 Å². The lowest BCUT2D eigenvalue weighted by molar-refractivity contribution is -0.115. The summed E-state index contributed by atoms with van der Waals surface area (Å²) in [5, 5.41) is 5.06. The Kier molecular flexibility index (Phi) is 4.74. The Bertz CT molecular complexity index is 572. The van der Waals surface area contributed by atoms with Gasteiger partial charge in [0.05, 0.1) is 20.2 Å². The van der Waals surface area contributed by atoms with Crippen molar-refractivity contribution >= 4 is 52.0 Å². The van der Waals surface area contributed by atoms with Crippen LogP contribution < -0.4 is 11.1 Å². The molecule has 1 heterocycles. The minimum absolute atomic E-state index is 0.0786. The fourth-order valence-electron chi connectivity index (χ4n) is 1.43. The average molecular weight is 313 g/mol. The molecule has 2 aromatic rings. The van der Waals surface area contributed by atoms with Gasteiger partial charge in [-0.2, -0.15) is 0 Å². The summed E-state index contributed by atoms with van der Waals surface area (Å²) < 4.78 is 1.12. The van der Waals surface area contributed by atoms with Gasteiger partial charge in [-0.3, -0.25) is 4.79 Å². The number of nitrogens with one attached hydrogen (secondary N) is 1. The average Bonchev–Trinajstić information content (AvgIpc) is 2.85. The Balaban J connectivity index is 2.00. The van der Waals surface area contributed by atoms with Crippen molar-refractivity contribution in [2.45, 2.75) is 16.4 Å². The van der Waals surface area contributed by atoms with Crippen LogP contribution in [0.3, 0.4) is 0 Å². The summed E-state index contributed by atoms with van der Waals surface area (Å²) in [4.78, 5) is 12.1. The maximum absolute atomic E-state index is 12.1. The van der Waals surface area contributed by atoms with Crippen LogP contribution in [0.5, 0.6) is 0 Å². The fraction of sp³-hybridized carbons (Fsp3) is 0.154. The van der Waals surface area contributed by atoms with Crippen LogP contribution in [0.15, 0.2) is 39.9 Å². The Morgan fingerprint density at radius 3 is 2.89 bits per heavy atom. The second-order valence-corrected chi connectivity index (χ2v) is 6.92. The minimum Gasteiger partial charge on any atom is -0.399 e. The number of benzene rings is 1. The maximum Gasteiger partial charge on any atom is 0.237 e. The highest BCUT2D eigenvalue weighted by molar-refractivity contribution is 8.02. The van der Waals surface area contributed by atoms with Gasteiger partial charge in [0.2, 0.25) is 5.91 Å². The first-order chi connectivity index (χ1) is 9.06. The number of thioether (sulfide) groups is 1. The van der Waals surface area contributed by atoms with Crippen molar-refractivity contribution < 1.29 is 4.79 Å². The Labute approximate surface area is 125 Å². The molecule has 3 nitrogen and oxygen atoms in total. The Morgan fingerprint density at radius 1 is 1.47 bits per heavy atom. The van der Waals surface area contributed by atoms with Gasteiger partial charge < -0.3 is 11.1 Å². The van der Waals surface area contributed by atoms with Crippen LogP contribution in [-0.4, -0.2) is 11.2 Å². The molecule has 1 aromatic heterocycles. The third-order valence-electron chi connectivity index (χ3n) is 2.41. The monoisotopic (exact) mass is 312 g/mol. The van der Waals surface area contributed by atoms with Crippen molar-refractivity contribution in [3.63, 3.8) is 0 Å². The molecule has 3 N–H and O–H groups in total. The van der Waals surface area contributed by atoms with Crippen molar-refractivity contribution in [3.05, 3.63) is 40.7 Å². The molecule has 0 radical (unpaired) electrons. The molecule has 0 saturated carbocycles. The Morgan fingerprint density at radius 2 is 2.26 bits per heavy atom. The molecule has 1 unspecified atom stereocenters. The van der Waals surface area contributed by atoms with Crippen molar-refractivity contribution in [2.24, 2.45) is 0 Å². The quantitative estimate of drug-likeness (QED) is 0.660. The first-order valence-electron chi connectivity index (χ1n) is 5.62. The van der Waals surface area contributed by atoms with Crippen molar-refractivity contribution in [1.82, 2.24) is 0 Å². The molecule has 2 rings (SSSR count). The van der Waals surface area contributed by atoms with E-state index in [1.807, 2.05) is 24.4 Å². The van der Waals surface area contributed by atoms with Gasteiger partial charge in [-0.15, -0.1) is 23.1 Å². The first-order valence-corrected chi connectivity index (χ1v) is 7.76. The van der Waals surface area contributed by atoms with E-state index in [1.165, 1.54) is 11.8 Å². The number of rotatable bonds is 4. The zero-order valence-electron chi connectivity index (χ0n) is 10.2. The minimum atomic E-state index is -0.188. The van der Waals surface area contributed by atoms with Gasteiger partial charge in [0, 0.05) is 5.69 Å². The highest BCUT2D eigenvalue weighted by Crippen LogP contribution is 2.29. The molecular formula is C13H13ClN2OS2. The highest BCUT2D eigenvalue weighted by atomic mass is 35.5. The van der Waals surface area contributed by atoms with Gasteiger partial charge in [-0.25, -0.2) is 0 Å². The van der Waals surface area contributed by atoms with E-state index in [2.05, 4.69) is 5.32 Å². The predicted molar refractivity (Wildman–Crippen MR) is 84.1 cm³/mol. The summed E-state index contributed by atoms with van der Waals surface area (Å²) in [6.45, 7) is 1.87. The van der Waals surface area contributed by atoms with Crippen LogP contribution >= 0.6 is 34.7 Å². The number of anilines is 2. The highest BCUT2D eigenvalue weighted by Gasteiger charge is 2.16. The van der Waals surface area contributed by atoms with Gasteiger partial charge in [-0.05, 0) is 36.6 Å². The lowest BCUT2D eigenvalue weighted by atomic mass is 10.2. The normalized spacial score (nSPS) is 12.1. The molecule has 19 heavy (non-hydrogen) atoms. The fourth-order valence-corrected chi connectivity index (χ4v) is 3.60. The molecule has 100 valence electrons. The number of carbonyl (C=O) groups is 1. The summed E-state index contributed by atoms with van der Waals surface area (Å²) in [7, 11) is 0. The van der Waals surface area contributed by atoms with E-state index < -0.39 is 0 Å². The van der Waals surface area contributed by atoms with Crippen molar-refractivity contribution in [3.8, 4) is 0 Å². The molecule has 0 fully saturated rings. The number of amides is 1. The van der Waals surface area contributed by atoms with Gasteiger partial charge in [0.25, 0.3) is 0 Å². The molecular weight excluding hydrogens is 300 g/mol. The van der Waals surface area contributed by atoms with Gasteiger partial charge >= 0.3 is 0 Å². The van der Waals surface area contributed by atoms with Crippen LogP contribution in [0.25, 0.3) is 0 Å². The van der Waals surface area contributed by atoms with E-state index in [0.29, 0.717) is 16.4 Å². The summed E-state index contributed by atoms with van der Waals surface area (Å²) in [6, 6.07) is 8.99. The number of halogens is 1. The number of hydrogen-bond donors (Lipinski definition) is 2. The van der Waals surface area contributed by atoms with Crippen LogP contribution in [-0.2, 0) is 4.79 Å². The van der Waals surface area contributed by atoms with E-state index in [4.69, 9.17) is 17.3 Å². The molecule has 0 aliphatic rings. The molecule has 0 aliphatic carbocycles. The number of hydrogen-bond acceptors (Lipinski definition) is 4. The number of carbonyl (C=O) groups excluding carboxylic acids is 1. The third kappa shape index (κ3) is 3.89. The molecule has 0 spiro atoms. The lowest BCUT2D eigenvalue weighted by Gasteiger charge is -2.12. The maximum atomic E-state index is 12.1. The van der Waals surface area contributed by atoms with Gasteiger partial charge in [-0.1, -0.05) is 17.7 Å². The third-order valence-corrected chi connectivity index (χ3v) is 4.90. The molecule has 1 atom stereocenters.